The molecule has 20 heavy (non-hydrogen) atoms. The van der Waals surface area contributed by atoms with Gasteiger partial charge in [0, 0.05) is 23.1 Å². The summed E-state index contributed by atoms with van der Waals surface area (Å²) in [5, 5.41) is 3.18. The van der Waals surface area contributed by atoms with Crippen molar-refractivity contribution in [2.75, 3.05) is 7.05 Å². The molecule has 0 spiro atoms. The first kappa shape index (κ1) is 15.1. The first-order valence-corrected chi connectivity index (χ1v) is 7.50. The molecule has 0 saturated heterocycles. The fourth-order valence-corrected chi connectivity index (χ4v) is 2.85. The molecule has 0 atom stereocenters. The zero-order valence-corrected chi connectivity index (χ0v) is 13.7. The van der Waals surface area contributed by atoms with Crippen molar-refractivity contribution in [2.45, 2.75) is 33.5 Å². The molecule has 0 unspecified atom stereocenters. The van der Waals surface area contributed by atoms with Gasteiger partial charge in [-0.25, -0.2) is 4.98 Å². The second-order valence-electron chi connectivity index (χ2n) is 4.70. The van der Waals surface area contributed by atoms with E-state index in [0.717, 1.165) is 40.1 Å². The molecule has 0 bridgehead atoms. The minimum Gasteiger partial charge on any atom is -0.487 e. The number of nitrogens with zero attached hydrogens (tertiary/aromatic N) is 2. The summed E-state index contributed by atoms with van der Waals surface area (Å²) < 4.78 is 9.21. The van der Waals surface area contributed by atoms with Gasteiger partial charge in [0.2, 0.25) is 0 Å². The van der Waals surface area contributed by atoms with Crippen LogP contribution in [0.5, 0.6) is 5.75 Å². The lowest BCUT2D eigenvalue weighted by Crippen LogP contribution is -2.10. The van der Waals surface area contributed by atoms with Crippen LogP contribution in [0.1, 0.15) is 23.7 Å². The van der Waals surface area contributed by atoms with E-state index in [9.17, 15) is 0 Å². The molecule has 4 nitrogen and oxygen atoms in total. The third kappa shape index (κ3) is 3.41. The van der Waals surface area contributed by atoms with E-state index < -0.39 is 0 Å². The van der Waals surface area contributed by atoms with Crippen molar-refractivity contribution in [2.24, 2.45) is 0 Å². The van der Waals surface area contributed by atoms with Crippen LogP contribution in [0.3, 0.4) is 0 Å². The highest BCUT2D eigenvalue weighted by molar-refractivity contribution is 9.10. The standard InChI is InChI=1S/C15H20BrN3O/c1-4-19-10-18-8-14(19)9-20-15-11(2)5-13(16)6-12(15)7-17-3/h5-6,8,10,17H,4,7,9H2,1-3H3. The largest absolute Gasteiger partial charge is 0.487 e. The highest BCUT2D eigenvalue weighted by Crippen LogP contribution is 2.28. The highest BCUT2D eigenvalue weighted by Gasteiger charge is 2.10. The number of rotatable bonds is 6. The molecule has 5 heteroatoms. The Bertz CT molecular complexity index is 580. The van der Waals surface area contributed by atoms with Gasteiger partial charge in [0.15, 0.2) is 0 Å². The third-order valence-corrected chi connectivity index (χ3v) is 3.64. The summed E-state index contributed by atoms with van der Waals surface area (Å²) >= 11 is 3.53. The summed E-state index contributed by atoms with van der Waals surface area (Å²) in [6.45, 7) is 6.38. The van der Waals surface area contributed by atoms with Gasteiger partial charge in [0.1, 0.15) is 12.4 Å². The fourth-order valence-electron chi connectivity index (χ4n) is 2.23. The topological polar surface area (TPSA) is 39.1 Å². The Labute approximate surface area is 128 Å². The van der Waals surface area contributed by atoms with Gasteiger partial charge in [0.25, 0.3) is 0 Å². The smallest absolute Gasteiger partial charge is 0.130 e. The zero-order chi connectivity index (χ0) is 14.5. The van der Waals surface area contributed by atoms with Crippen molar-refractivity contribution in [3.63, 3.8) is 0 Å². The van der Waals surface area contributed by atoms with Crippen LogP contribution in [0.15, 0.2) is 29.1 Å². The monoisotopic (exact) mass is 337 g/mol. The Hall–Kier alpha value is -1.33. The van der Waals surface area contributed by atoms with Crippen molar-refractivity contribution in [1.29, 1.82) is 0 Å². The second-order valence-corrected chi connectivity index (χ2v) is 5.62. The molecule has 0 aliphatic heterocycles. The van der Waals surface area contributed by atoms with Crippen LogP contribution >= 0.6 is 15.9 Å². The number of nitrogens with one attached hydrogen (secondary N) is 1. The molecular formula is C15H20BrN3O. The van der Waals surface area contributed by atoms with Gasteiger partial charge in [0.05, 0.1) is 18.2 Å². The minimum absolute atomic E-state index is 0.535. The quantitative estimate of drug-likeness (QED) is 0.879. The lowest BCUT2D eigenvalue weighted by molar-refractivity contribution is 0.290. The number of hydrogen-bond acceptors (Lipinski definition) is 3. The Morgan fingerprint density at radius 2 is 2.20 bits per heavy atom. The molecule has 2 aromatic rings. The maximum Gasteiger partial charge on any atom is 0.130 e. The van der Waals surface area contributed by atoms with E-state index in [0.29, 0.717) is 6.61 Å². The van der Waals surface area contributed by atoms with Crippen LogP contribution < -0.4 is 10.1 Å². The number of aromatic nitrogens is 2. The highest BCUT2D eigenvalue weighted by atomic mass is 79.9. The first-order chi connectivity index (χ1) is 9.65. The zero-order valence-electron chi connectivity index (χ0n) is 12.1. The molecule has 0 fully saturated rings. The molecular weight excluding hydrogens is 318 g/mol. The molecule has 0 aliphatic rings. The average Bonchev–Trinajstić information content (AvgIpc) is 2.85. The molecule has 0 saturated carbocycles. The fraction of sp³-hybridized carbons (Fsp3) is 0.400. The SMILES string of the molecule is CCn1cncc1COc1c(C)cc(Br)cc1CNC. The third-order valence-electron chi connectivity index (χ3n) is 3.19. The Morgan fingerprint density at radius 1 is 1.40 bits per heavy atom. The van der Waals surface area contributed by atoms with Gasteiger partial charge in [-0.05, 0) is 38.6 Å². The summed E-state index contributed by atoms with van der Waals surface area (Å²) in [4.78, 5) is 4.16. The average molecular weight is 338 g/mol. The number of aryl methyl sites for hydroxylation is 2. The van der Waals surface area contributed by atoms with Crippen LogP contribution in [-0.4, -0.2) is 16.6 Å². The molecule has 1 aromatic heterocycles. The van der Waals surface area contributed by atoms with Crippen LogP contribution in [0.2, 0.25) is 0 Å². The molecule has 0 aliphatic carbocycles. The minimum atomic E-state index is 0.535. The van der Waals surface area contributed by atoms with E-state index in [1.807, 2.05) is 19.6 Å². The van der Waals surface area contributed by atoms with Crippen molar-refractivity contribution >= 4 is 15.9 Å². The number of imidazole rings is 1. The molecule has 2 rings (SSSR count). The van der Waals surface area contributed by atoms with Crippen molar-refractivity contribution < 1.29 is 4.74 Å². The predicted molar refractivity (Wildman–Crippen MR) is 83.9 cm³/mol. The van der Waals surface area contributed by atoms with Gasteiger partial charge in [-0.2, -0.15) is 0 Å². The van der Waals surface area contributed by atoms with Crippen LogP contribution in [0.25, 0.3) is 0 Å². The van der Waals surface area contributed by atoms with E-state index in [2.05, 4.69) is 56.8 Å². The summed E-state index contributed by atoms with van der Waals surface area (Å²) in [5.41, 5.74) is 3.37. The van der Waals surface area contributed by atoms with E-state index in [4.69, 9.17) is 4.74 Å². The number of halogens is 1. The molecule has 108 valence electrons. The normalized spacial score (nSPS) is 10.8. The van der Waals surface area contributed by atoms with Gasteiger partial charge < -0.3 is 14.6 Å². The van der Waals surface area contributed by atoms with Crippen LogP contribution in [0.4, 0.5) is 0 Å². The molecule has 1 N–H and O–H groups in total. The van der Waals surface area contributed by atoms with Gasteiger partial charge >= 0.3 is 0 Å². The molecule has 1 aromatic carbocycles. The summed E-state index contributed by atoms with van der Waals surface area (Å²) in [6.07, 6.45) is 3.69. The molecule has 0 radical (unpaired) electrons. The van der Waals surface area contributed by atoms with Crippen molar-refractivity contribution in [1.82, 2.24) is 14.9 Å². The molecule has 0 amide bonds. The Kier molecular flexibility index (Phi) is 5.20. The lowest BCUT2D eigenvalue weighted by Gasteiger charge is -2.15. The van der Waals surface area contributed by atoms with Gasteiger partial charge in [-0.1, -0.05) is 15.9 Å². The van der Waals surface area contributed by atoms with Gasteiger partial charge in [-0.3, -0.25) is 0 Å². The number of ether oxygens (including phenoxy) is 1. The summed E-state index contributed by atoms with van der Waals surface area (Å²) in [6, 6.07) is 4.17. The summed E-state index contributed by atoms with van der Waals surface area (Å²) in [7, 11) is 1.94. The van der Waals surface area contributed by atoms with Crippen molar-refractivity contribution in [3.05, 3.63) is 46.0 Å². The Balaban J connectivity index is 2.20. The molecule has 1 heterocycles. The van der Waals surface area contributed by atoms with E-state index in [1.54, 1.807) is 0 Å². The van der Waals surface area contributed by atoms with E-state index in [1.165, 1.54) is 0 Å². The van der Waals surface area contributed by atoms with Crippen LogP contribution in [0, 0.1) is 6.92 Å². The first-order valence-electron chi connectivity index (χ1n) is 6.71. The van der Waals surface area contributed by atoms with E-state index >= 15 is 0 Å². The maximum absolute atomic E-state index is 6.04. The maximum atomic E-state index is 6.04. The van der Waals surface area contributed by atoms with E-state index in [-0.39, 0.29) is 0 Å². The van der Waals surface area contributed by atoms with Gasteiger partial charge in [-0.15, -0.1) is 0 Å². The predicted octanol–water partition coefficient (Wildman–Crippen LogP) is 3.27. The summed E-state index contributed by atoms with van der Waals surface area (Å²) in [5.74, 6) is 0.950. The number of hydrogen-bond donors (Lipinski definition) is 1. The van der Waals surface area contributed by atoms with Crippen LogP contribution in [-0.2, 0) is 19.7 Å². The van der Waals surface area contributed by atoms with Crippen molar-refractivity contribution in [3.8, 4) is 5.75 Å². The lowest BCUT2D eigenvalue weighted by atomic mass is 10.1. The number of benzene rings is 1. The Morgan fingerprint density at radius 3 is 2.90 bits per heavy atom. The second kappa shape index (κ2) is 6.90.